The molecule has 3 rings (SSSR count). The van der Waals surface area contributed by atoms with Gasteiger partial charge in [-0.2, -0.15) is 5.10 Å². The number of hydrogen-bond donors (Lipinski definition) is 1. The predicted molar refractivity (Wildman–Crippen MR) is 109 cm³/mol. The number of aromatic nitrogens is 2. The summed E-state index contributed by atoms with van der Waals surface area (Å²) in [6.07, 6.45) is 0.658. The molecule has 0 aliphatic heterocycles. The molecule has 2 aromatic carbocycles. The monoisotopic (exact) mass is 423 g/mol. The van der Waals surface area contributed by atoms with Gasteiger partial charge in [-0.05, 0) is 19.1 Å². The van der Waals surface area contributed by atoms with Gasteiger partial charge in [0.25, 0.3) is 0 Å². The SMILES string of the molecule is CCOC(=O)C(=CC(=O)O)N=c1sc(C(=O)c2ccccc2)nn1-c1ccccc1. The summed E-state index contributed by atoms with van der Waals surface area (Å²) in [5.41, 5.74) is 0.638. The van der Waals surface area contributed by atoms with Crippen molar-refractivity contribution in [1.29, 1.82) is 0 Å². The van der Waals surface area contributed by atoms with E-state index < -0.39 is 17.6 Å². The van der Waals surface area contributed by atoms with Gasteiger partial charge in [-0.15, -0.1) is 0 Å². The molecule has 0 spiro atoms. The normalized spacial score (nSPS) is 11.9. The summed E-state index contributed by atoms with van der Waals surface area (Å²) < 4.78 is 6.27. The molecule has 1 N–H and O–H groups in total. The van der Waals surface area contributed by atoms with Crippen LogP contribution in [0.1, 0.15) is 22.3 Å². The highest BCUT2D eigenvalue weighted by atomic mass is 32.1. The van der Waals surface area contributed by atoms with E-state index in [9.17, 15) is 14.4 Å². The van der Waals surface area contributed by atoms with Crippen LogP contribution in [0, 0.1) is 0 Å². The average molecular weight is 423 g/mol. The van der Waals surface area contributed by atoms with Crippen LogP contribution in [0.15, 0.2) is 77.4 Å². The Labute approximate surface area is 175 Å². The molecule has 1 heterocycles. The molecule has 0 aliphatic rings. The van der Waals surface area contributed by atoms with E-state index in [1.54, 1.807) is 61.5 Å². The Balaban J connectivity index is 2.17. The number of carboxylic acid groups (broad SMARTS) is 1. The highest BCUT2D eigenvalue weighted by molar-refractivity contribution is 7.11. The number of aliphatic carboxylic acids is 1. The molecule has 0 fully saturated rings. The number of ketones is 1. The maximum atomic E-state index is 12.8. The van der Waals surface area contributed by atoms with Crippen LogP contribution in [-0.4, -0.2) is 39.2 Å². The number of esters is 1. The summed E-state index contributed by atoms with van der Waals surface area (Å²) in [6, 6.07) is 17.5. The molecule has 0 atom stereocenters. The zero-order valence-corrected chi connectivity index (χ0v) is 16.7. The lowest BCUT2D eigenvalue weighted by Crippen LogP contribution is -2.17. The van der Waals surface area contributed by atoms with Crippen LogP contribution >= 0.6 is 11.3 Å². The summed E-state index contributed by atoms with van der Waals surface area (Å²) in [5.74, 6) is -2.55. The van der Waals surface area contributed by atoms with Gasteiger partial charge in [0.2, 0.25) is 10.6 Å². The third kappa shape index (κ3) is 4.95. The topological polar surface area (TPSA) is 111 Å². The molecule has 8 nitrogen and oxygen atoms in total. The van der Waals surface area contributed by atoms with Gasteiger partial charge in [0.05, 0.1) is 18.4 Å². The molecule has 0 aliphatic carbocycles. The molecular formula is C21H17N3O5S. The molecule has 0 bridgehead atoms. The van der Waals surface area contributed by atoms with Crippen molar-refractivity contribution >= 4 is 29.1 Å². The van der Waals surface area contributed by atoms with Gasteiger partial charge in [0.1, 0.15) is 0 Å². The first-order chi connectivity index (χ1) is 14.5. The molecule has 0 radical (unpaired) electrons. The summed E-state index contributed by atoms with van der Waals surface area (Å²) in [6.45, 7) is 1.66. The van der Waals surface area contributed by atoms with Crippen molar-refractivity contribution in [2.24, 2.45) is 4.99 Å². The van der Waals surface area contributed by atoms with Gasteiger partial charge in [0, 0.05) is 5.56 Å². The Bertz CT molecular complexity index is 1160. The largest absolute Gasteiger partial charge is 0.478 e. The van der Waals surface area contributed by atoms with Crippen LogP contribution in [0.4, 0.5) is 0 Å². The minimum atomic E-state index is -1.35. The quantitative estimate of drug-likeness (QED) is 0.355. The summed E-state index contributed by atoms with van der Waals surface area (Å²) in [7, 11) is 0. The fourth-order valence-corrected chi connectivity index (χ4v) is 3.34. The zero-order valence-electron chi connectivity index (χ0n) is 15.9. The maximum Gasteiger partial charge on any atom is 0.357 e. The van der Waals surface area contributed by atoms with E-state index in [2.05, 4.69) is 10.1 Å². The van der Waals surface area contributed by atoms with Crippen LogP contribution < -0.4 is 4.80 Å². The first-order valence-electron chi connectivity index (χ1n) is 8.91. The van der Waals surface area contributed by atoms with Crippen molar-refractivity contribution in [3.63, 3.8) is 0 Å². The van der Waals surface area contributed by atoms with E-state index in [4.69, 9.17) is 9.84 Å². The molecule has 30 heavy (non-hydrogen) atoms. The first-order valence-corrected chi connectivity index (χ1v) is 9.73. The minimum Gasteiger partial charge on any atom is -0.478 e. The fraction of sp³-hybridized carbons (Fsp3) is 0.0952. The van der Waals surface area contributed by atoms with Crippen molar-refractivity contribution < 1.29 is 24.2 Å². The van der Waals surface area contributed by atoms with Crippen LogP contribution in [0.5, 0.6) is 0 Å². The Hall–Kier alpha value is -3.85. The van der Waals surface area contributed by atoms with Crippen molar-refractivity contribution in [1.82, 2.24) is 9.78 Å². The van der Waals surface area contributed by atoms with Crippen molar-refractivity contribution in [3.8, 4) is 5.69 Å². The fourth-order valence-electron chi connectivity index (χ4n) is 2.46. The van der Waals surface area contributed by atoms with E-state index in [0.29, 0.717) is 17.3 Å². The third-order valence-electron chi connectivity index (χ3n) is 3.75. The molecule has 1 aromatic heterocycles. The molecule has 0 saturated heterocycles. The van der Waals surface area contributed by atoms with Gasteiger partial charge >= 0.3 is 11.9 Å². The lowest BCUT2D eigenvalue weighted by atomic mass is 10.1. The smallest absolute Gasteiger partial charge is 0.357 e. The van der Waals surface area contributed by atoms with Crippen molar-refractivity contribution in [2.45, 2.75) is 6.92 Å². The van der Waals surface area contributed by atoms with E-state index in [1.165, 1.54) is 4.68 Å². The van der Waals surface area contributed by atoms with Crippen LogP contribution in [0.3, 0.4) is 0 Å². The second-order valence-corrected chi connectivity index (χ2v) is 6.79. The Morgan fingerprint density at radius 1 is 1.10 bits per heavy atom. The van der Waals surface area contributed by atoms with Crippen molar-refractivity contribution in [2.75, 3.05) is 6.61 Å². The lowest BCUT2D eigenvalue weighted by Gasteiger charge is -2.02. The number of carbonyl (C=O) groups excluding carboxylic acids is 2. The van der Waals surface area contributed by atoms with Gasteiger partial charge in [-0.3, -0.25) is 4.79 Å². The molecule has 3 aromatic rings. The average Bonchev–Trinajstić information content (AvgIpc) is 3.17. The second kappa shape index (κ2) is 9.57. The van der Waals surface area contributed by atoms with Gasteiger partial charge in [0.15, 0.2) is 10.7 Å². The van der Waals surface area contributed by atoms with Crippen LogP contribution in [-0.2, 0) is 14.3 Å². The van der Waals surface area contributed by atoms with E-state index in [0.717, 1.165) is 11.3 Å². The second-order valence-electron chi connectivity index (χ2n) is 5.83. The molecular weight excluding hydrogens is 406 g/mol. The summed E-state index contributed by atoms with van der Waals surface area (Å²) in [5, 5.41) is 13.6. The summed E-state index contributed by atoms with van der Waals surface area (Å²) >= 11 is 0.942. The van der Waals surface area contributed by atoms with E-state index >= 15 is 0 Å². The number of para-hydroxylation sites is 1. The van der Waals surface area contributed by atoms with E-state index in [1.807, 2.05) is 6.07 Å². The van der Waals surface area contributed by atoms with Crippen LogP contribution in [0.2, 0.25) is 0 Å². The lowest BCUT2D eigenvalue weighted by molar-refractivity contribution is -0.139. The van der Waals surface area contributed by atoms with Crippen molar-refractivity contribution in [3.05, 3.63) is 87.8 Å². The molecule has 9 heteroatoms. The number of carboxylic acids is 1. The Morgan fingerprint density at radius 2 is 1.73 bits per heavy atom. The number of nitrogens with zero attached hydrogens (tertiary/aromatic N) is 3. The predicted octanol–water partition coefficient (Wildman–Crippen LogP) is 2.60. The highest BCUT2D eigenvalue weighted by Crippen LogP contribution is 2.13. The van der Waals surface area contributed by atoms with Crippen LogP contribution in [0.25, 0.3) is 5.69 Å². The number of carbonyl (C=O) groups is 3. The molecule has 152 valence electrons. The minimum absolute atomic E-state index is 0.0600. The van der Waals surface area contributed by atoms with Gasteiger partial charge < -0.3 is 9.84 Å². The molecule has 0 unspecified atom stereocenters. The Kier molecular flexibility index (Phi) is 6.66. The highest BCUT2D eigenvalue weighted by Gasteiger charge is 2.18. The number of hydrogen-bond acceptors (Lipinski definition) is 7. The Morgan fingerprint density at radius 3 is 2.33 bits per heavy atom. The standard InChI is InChI=1S/C21H17N3O5S/c1-2-29-20(28)16(13-17(25)26)22-21-24(15-11-7-4-8-12-15)23-19(30-21)18(27)14-9-5-3-6-10-14/h3-13H,2H2,1H3,(H,25,26). The van der Waals surface area contributed by atoms with Gasteiger partial charge in [-0.1, -0.05) is 59.9 Å². The van der Waals surface area contributed by atoms with E-state index in [-0.39, 0.29) is 22.2 Å². The first kappa shape index (κ1) is 20.9. The number of rotatable bonds is 7. The zero-order chi connectivity index (χ0) is 21.5. The molecule has 0 amide bonds. The summed E-state index contributed by atoms with van der Waals surface area (Å²) in [4.78, 5) is 40.5. The third-order valence-corrected chi connectivity index (χ3v) is 4.66. The van der Waals surface area contributed by atoms with Gasteiger partial charge in [-0.25, -0.2) is 19.3 Å². The molecule has 0 saturated carbocycles. The maximum absolute atomic E-state index is 12.8. The number of benzene rings is 2. The number of ether oxygens (including phenoxy) is 1.